The van der Waals surface area contributed by atoms with E-state index in [1.807, 2.05) is 19.9 Å². The van der Waals surface area contributed by atoms with E-state index in [9.17, 15) is 9.90 Å². The summed E-state index contributed by atoms with van der Waals surface area (Å²) < 4.78 is 5.36. The molecule has 24 heavy (non-hydrogen) atoms. The van der Waals surface area contributed by atoms with Gasteiger partial charge in [-0.15, -0.1) is 9.24 Å². The van der Waals surface area contributed by atoms with Crippen LogP contribution in [0.1, 0.15) is 60.3 Å². The lowest BCUT2D eigenvalue weighted by Gasteiger charge is -2.15. The molecule has 0 fully saturated rings. The van der Waals surface area contributed by atoms with Gasteiger partial charge < -0.3 is 9.84 Å². The van der Waals surface area contributed by atoms with Crippen LogP contribution in [0, 0.1) is 11.8 Å². The first-order chi connectivity index (χ1) is 11.3. The number of carbonyl (C=O) groups excluding carboxylic acids is 1. The number of aliphatic hydroxyl groups excluding tert-OH is 1. The van der Waals surface area contributed by atoms with Crippen LogP contribution in [0.4, 0.5) is 0 Å². The lowest BCUT2D eigenvalue weighted by Crippen LogP contribution is -2.18. The molecule has 0 bridgehead atoms. The summed E-state index contributed by atoms with van der Waals surface area (Å²) in [4.78, 5) is 12.1. The molecule has 3 nitrogen and oxygen atoms in total. The van der Waals surface area contributed by atoms with Gasteiger partial charge >= 0.3 is 5.97 Å². The van der Waals surface area contributed by atoms with Gasteiger partial charge in [-0.2, -0.15) is 0 Å². The highest BCUT2D eigenvalue weighted by atomic mass is 31.0. The number of hydrogen-bond donors (Lipinski definition) is 1. The lowest BCUT2D eigenvalue weighted by molar-refractivity contribution is -0.147. The van der Waals surface area contributed by atoms with Crippen molar-refractivity contribution in [3.63, 3.8) is 0 Å². The molecule has 4 unspecified atom stereocenters. The molecule has 0 aromatic rings. The van der Waals surface area contributed by atoms with Crippen molar-refractivity contribution >= 4 is 15.2 Å². The van der Waals surface area contributed by atoms with Gasteiger partial charge in [0.1, 0.15) is 0 Å². The average Bonchev–Trinajstić information content (AvgIpc) is 2.51. The van der Waals surface area contributed by atoms with E-state index < -0.39 is 0 Å². The lowest BCUT2D eigenvalue weighted by atomic mass is 10.0. The summed E-state index contributed by atoms with van der Waals surface area (Å²) in [6, 6.07) is 0. The summed E-state index contributed by atoms with van der Waals surface area (Å²) in [5, 5.41) is 9.28. The molecule has 1 N–H and O–H groups in total. The molecule has 0 aromatic carbocycles. The third-order valence-corrected chi connectivity index (χ3v) is 4.35. The Labute approximate surface area is 150 Å². The minimum Gasteiger partial charge on any atom is -0.513 e. The van der Waals surface area contributed by atoms with Crippen LogP contribution < -0.4 is 0 Å². The van der Waals surface area contributed by atoms with Gasteiger partial charge in [0.2, 0.25) is 0 Å². The number of allylic oxidation sites excluding steroid dienone is 5. The molecular formula is C20H35O3P. The van der Waals surface area contributed by atoms with Gasteiger partial charge in [0.25, 0.3) is 0 Å². The van der Waals surface area contributed by atoms with Crippen LogP contribution in [0.2, 0.25) is 0 Å². The number of hydrogen-bond acceptors (Lipinski definition) is 3. The topological polar surface area (TPSA) is 46.5 Å². The molecule has 0 heterocycles. The van der Waals surface area contributed by atoms with Crippen molar-refractivity contribution in [3.8, 4) is 0 Å². The Morgan fingerprint density at radius 2 is 1.96 bits per heavy atom. The van der Waals surface area contributed by atoms with Crippen LogP contribution in [-0.2, 0) is 9.53 Å². The van der Waals surface area contributed by atoms with Gasteiger partial charge in [-0.3, -0.25) is 4.79 Å². The van der Waals surface area contributed by atoms with E-state index in [1.54, 1.807) is 13.0 Å². The quantitative estimate of drug-likeness (QED) is 0.173. The SMILES string of the molecule is C/C=C(\C=C(/C)O)CCOC(=O)C(C)CC(P)/C=C\C(C)CCC. The highest BCUT2D eigenvalue weighted by Gasteiger charge is 2.16. The minimum absolute atomic E-state index is 0.122. The number of ether oxygens (including phenoxy) is 1. The Balaban J connectivity index is 4.21. The van der Waals surface area contributed by atoms with Crippen molar-refractivity contribution < 1.29 is 14.6 Å². The van der Waals surface area contributed by atoms with Crippen molar-refractivity contribution in [2.75, 3.05) is 6.61 Å². The monoisotopic (exact) mass is 354 g/mol. The van der Waals surface area contributed by atoms with Crippen molar-refractivity contribution in [3.05, 3.63) is 35.6 Å². The second kappa shape index (κ2) is 13.2. The first kappa shape index (κ1) is 22.9. The van der Waals surface area contributed by atoms with Gasteiger partial charge in [-0.05, 0) is 49.9 Å². The maximum absolute atomic E-state index is 12.1. The summed E-state index contributed by atoms with van der Waals surface area (Å²) >= 11 is 0. The Kier molecular flexibility index (Phi) is 12.6. The second-order valence-corrected chi connectivity index (χ2v) is 7.37. The number of aliphatic hydroxyl groups is 1. The molecule has 0 aliphatic rings. The van der Waals surface area contributed by atoms with Crippen LogP contribution in [-0.4, -0.2) is 23.3 Å². The fourth-order valence-corrected chi connectivity index (χ4v) is 2.98. The van der Waals surface area contributed by atoms with E-state index in [-0.39, 0.29) is 23.3 Å². The van der Waals surface area contributed by atoms with E-state index >= 15 is 0 Å². The maximum atomic E-state index is 12.1. The van der Waals surface area contributed by atoms with Gasteiger partial charge in [0, 0.05) is 6.42 Å². The van der Waals surface area contributed by atoms with Gasteiger partial charge in [-0.1, -0.05) is 45.4 Å². The molecular weight excluding hydrogens is 319 g/mol. The normalized spacial score (nSPS) is 16.9. The molecule has 0 spiro atoms. The van der Waals surface area contributed by atoms with Crippen molar-refractivity contribution in [2.24, 2.45) is 11.8 Å². The van der Waals surface area contributed by atoms with Crippen LogP contribution in [0.15, 0.2) is 35.6 Å². The fourth-order valence-electron chi connectivity index (χ4n) is 2.45. The van der Waals surface area contributed by atoms with E-state index in [0.29, 0.717) is 18.9 Å². The summed E-state index contributed by atoms with van der Waals surface area (Å²) in [7, 11) is 2.80. The zero-order valence-electron chi connectivity index (χ0n) is 15.9. The van der Waals surface area contributed by atoms with Crippen molar-refractivity contribution in [2.45, 2.75) is 66.0 Å². The zero-order valence-corrected chi connectivity index (χ0v) is 17.1. The molecule has 0 aliphatic heterocycles. The summed E-state index contributed by atoms with van der Waals surface area (Å²) in [5.41, 5.74) is 1.25. The fraction of sp³-hybridized carbons (Fsp3) is 0.650. The van der Waals surface area contributed by atoms with E-state index in [2.05, 4.69) is 35.2 Å². The first-order valence-electron chi connectivity index (χ1n) is 8.93. The average molecular weight is 354 g/mol. The van der Waals surface area contributed by atoms with E-state index in [0.717, 1.165) is 12.0 Å². The Hall–Kier alpha value is -1.08. The summed E-state index contributed by atoms with van der Waals surface area (Å²) in [5.74, 6) is 0.570. The van der Waals surface area contributed by atoms with Crippen LogP contribution in [0.5, 0.6) is 0 Å². The second-order valence-electron chi connectivity index (χ2n) is 6.52. The third-order valence-electron chi connectivity index (χ3n) is 3.86. The highest BCUT2D eigenvalue weighted by Crippen LogP contribution is 2.18. The highest BCUT2D eigenvalue weighted by molar-refractivity contribution is 7.17. The van der Waals surface area contributed by atoms with Gasteiger partial charge in [0.05, 0.1) is 18.3 Å². The molecule has 0 amide bonds. The van der Waals surface area contributed by atoms with Gasteiger partial charge in [-0.25, -0.2) is 0 Å². The van der Waals surface area contributed by atoms with Gasteiger partial charge in [0.15, 0.2) is 0 Å². The molecule has 0 aromatic heterocycles. The number of carbonyl (C=O) groups is 1. The molecule has 4 atom stereocenters. The largest absolute Gasteiger partial charge is 0.513 e. The smallest absolute Gasteiger partial charge is 0.308 e. The molecule has 0 saturated heterocycles. The molecule has 138 valence electrons. The molecule has 0 rings (SSSR count). The predicted octanol–water partition coefficient (Wildman–Crippen LogP) is 5.59. The Morgan fingerprint density at radius 1 is 1.29 bits per heavy atom. The van der Waals surface area contributed by atoms with Crippen molar-refractivity contribution in [1.82, 2.24) is 0 Å². The van der Waals surface area contributed by atoms with E-state index in [4.69, 9.17) is 4.74 Å². The maximum Gasteiger partial charge on any atom is 0.308 e. The number of rotatable bonds is 11. The Morgan fingerprint density at radius 3 is 2.50 bits per heavy atom. The predicted molar refractivity (Wildman–Crippen MR) is 106 cm³/mol. The third kappa shape index (κ3) is 11.5. The summed E-state index contributed by atoms with van der Waals surface area (Å²) in [6.45, 7) is 10.2. The molecule has 0 radical (unpaired) electrons. The van der Waals surface area contributed by atoms with Crippen LogP contribution >= 0.6 is 9.24 Å². The van der Waals surface area contributed by atoms with Crippen molar-refractivity contribution in [1.29, 1.82) is 0 Å². The molecule has 4 heteroatoms. The van der Waals surface area contributed by atoms with E-state index in [1.165, 1.54) is 12.8 Å². The first-order valence-corrected chi connectivity index (χ1v) is 9.59. The minimum atomic E-state index is -0.155. The zero-order chi connectivity index (χ0) is 18.5. The van der Waals surface area contributed by atoms with Crippen LogP contribution in [0.3, 0.4) is 0 Å². The number of esters is 1. The standard InChI is InChI=1S/C20H35O3P/c1-6-8-15(3)9-10-19(24)13-16(4)20(22)23-12-11-18(7-2)14-17(5)21/h7,9-10,14-16,19,21H,6,8,11-13,24H2,1-5H3/b10-9-,17-14+,18-7-. The summed E-state index contributed by atoms with van der Waals surface area (Å²) in [6.07, 6.45) is 11.8. The molecule has 0 saturated carbocycles. The Bertz CT molecular complexity index is 448. The molecule has 0 aliphatic carbocycles. The van der Waals surface area contributed by atoms with Crippen LogP contribution in [0.25, 0.3) is 0 Å².